The first kappa shape index (κ1) is 37.3. The summed E-state index contributed by atoms with van der Waals surface area (Å²) < 4.78 is 105. The lowest BCUT2D eigenvalue weighted by Gasteiger charge is -2.36. The maximum absolute atomic E-state index is 14.1. The van der Waals surface area contributed by atoms with Crippen molar-refractivity contribution in [2.75, 3.05) is 13.9 Å². The summed E-state index contributed by atoms with van der Waals surface area (Å²) in [6.45, 7) is 5.84. The summed E-state index contributed by atoms with van der Waals surface area (Å²) in [5.74, 6) is 0.706. The minimum atomic E-state index is -5.93. The van der Waals surface area contributed by atoms with Crippen LogP contribution in [0.3, 0.4) is 0 Å². The number of nitrogens with zero attached hydrogens (tertiary/aromatic N) is 3. The average Bonchev–Trinajstić information content (AvgIpc) is 3.21. The second-order valence-corrected chi connectivity index (χ2v) is 11.7. The molecule has 3 aromatic rings. The van der Waals surface area contributed by atoms with Crippen molar-refractivity contribution in [2.45, 2.75) is 89.3 Å². The highest BCUT2D eigenvalue weighted by Crippen LogP contribution is 2.52. The van der Waals surface area contributed by atoms with Gasteiger partial charge in [0.15, 0.2) is 6.35 Å². The Labute approximate surface area is 273 Å². The van der Waals surface area contributed by atoms with Crippen molar-refractivity contribution in [1.82, 2.24) is 20.2 Å². The fourth-order valence-electron chi connectivity index (χ4n) is 5.40. The molecule has 0 radical (unpaired) electrons. The summed E-state index contributed by atoms with van der Waals surface area (Å²) >= 11 is 0. The van der Waals surface area contributed by atoms with Gasteiger partial charge in [0.2, 0.25) is 0 Å². The molecule has 264 valence electrons. The van der Waals surface area contributed by atoms with Gasteiger partial charge in [-0.25, -0.2) is 4.90 Å². The Morgan fingerprint density at radius 2 is 1.65 bits per heavy atom. The van der Waals surface area contributed by atoms with E-state index in [1.165, 1.54) is 23.2 Å². The van der Waals surface area contributed by atoms with Gasteiger partial charge in [-0.2, -0.15) is 26.3 Å². The van der Waals surface area contributed by atoms with Crippen LogP contribution in [0.4, 0.5) is 26.3 Å². The molecule has 3 N–H and O–H groups in total. The number of aryl methyl sites for hydroxylation is 1. The number of aliphatic hydroxyl groups excluding tert-OH is 2. The Bertz CT molecular complexity index is 1510. The normalized spacial score (nSPS) is 20.8. The SMILES string of the molecule is CCCc1nc(C(OCOC)(C(F)(F)F)C(F)(F)F)ccc1Oc1ccnc(CN2C(O)NC(C)(c3ccc(OC(C)C)cc3)C2O)c1. The number of benzene rings is 1. The van der Waals surface area contributed by atoms with E-state index in [9.17, 15) is 36.6 Å². The number of pyridine rings is 2. The minimum Gasteiger partial charge on any atom is -0.491 e. The van der Waals surface area contributed by atoms with E-state index in [-0.39, 0.29) is 36.3 Å². The number of rotatable bonds is 13. The zero-order valence-electron chi connectivity index (χ0n) is 26.9. The van der Waals surface area contributed by atoms with Gasteiger partial charge in [-0.15, -0.1) is 0 Å². The zero-order valence-corrected chi connectivity index (χ0v) is 26.9. The molecule has 16 heteroatoms. The maximum atomic E-state index is 14.1. The average molecular weight is 689 g/mol. The lowest BCUT2D eigenvalue weighted by molar-refractivity contribution is -0.401. The highest BCUT2D eigenvalue weighted by molar-refractivity contribution is 5.38. The number of aromatic nitrogens is 2. The van der Waals surface area contributed by atoms with Gasteiger partial charge in [0.25, 0.3) is 0 Å². The van der Waals surface area contributed by atoms with E-state index in [2.05, 4.69) is 24.8 Å². The molecule has 0 saturated carbocycles. The molecule has 3 heterocycles. The number of methoxy groups -OCH3 is 1. The van der Waals surface area contributed by atoms with Crippen LogP contribution in [0, 0.1) is 0 Å². The van der Waals surface area contributed by atoms with Crippen LogP contribution < -0.4 is 14.8 Å². The summed E-state index contributed by atoms with van der Waals surface area (Å²) in [6, 6.07) is 11.5. The number of hydrogen-bond acceptors (Lipinski definition) is 10. The highest BCUT2D eigenvalue weighted by Gasteiger charge is 2.74. The maximum Gasteiger partial charge on any atom is 0.432 e. The summed E-state index contributed by atoms with van der Waals surface area (Å²) in [4.78, 5) is 9.39. The standard InChI is InChI=1S/C32H38F6N4O6/c1-6-7-24-25(12-13-26(40-24)30(31(33,34)35,32(36,37)38)46-18-45-5)48-23-14-15-39-21(16-23)17-42-27(43)29(4,41-28(42)44)20-8-10-22(11-9-20)47-19(2)3/h8-16,19,27-28,41,43-44H,6-7,17-18H2,1-5H3. The molecule has 3 atom stereocenters. The molecule has 1 aromatic carbocycles. The first-order chi connectivity index (χ1) is 22.5. The first-order valence-corrected chi connectivity index (χ1v) is 15.0. The number of ether oxygens (including phenoxy) is 4. The van der Waals surface area contributed by atoms with Crippen molar-refractivity contribution < 1.29 is 55.5 Å². The molecule has 0 bridgehead atoms. The van der Waals surface area contributed by atoms with Gasteiger partial charge in [0.1, 0.15) is 30.3 Å². The molecule has 10 nitrogen and oxygen atoms in total. The molecule has 48 heavy (non-hydrogen) atoms. The predicted molar refractivity (Wildman–Crippen MR) is 160 cm³/mol. The monoisotopic (exact) mass is 688 g/mol. The summed E-state index contributed by atoms with van der Waals surface area (Å²) in [5, 5.41) is 25.1. The zero-order chi connectivity index (χ0) is 35.5. The molecular weight excluding hydrogens is 650 g/mol. The van der Waals surface area contributed by atoms with Gasteiger partial charge in [-0.05, 0) is 63.1 Å². The van der Waals surface area contributed by atoms with E-state index in [1.807, 2.05) is 13.8 Å². The molecule has 2 aromatic heterocycles. The Balaban J connectivity index is 1.59. The van der Waals surface area contributed by atoms with Crippen LogP contribution >= 0.6 is 0 Å². The van der Waals surface area contributed by atoms with Crippen LogP contribution in [0.25, 0.3) is 0 Å². The quantitative estimate of drug-likeness (QED) is 0.149. The van der Waals surface area contributed by atoms with Crippen molar-refractivity contribution in [3.8, 4) is 17.2 Å². The van der Waals surface area contributed by atoms with Crippen LogP contribution in [0.2, 0.25) is 0 Å². The number of nitrogens with one attached hydrogen (secondary N) is 1. The fourth-order valence-corrected chi connectivity index (χ4v) is 5.40. The van der Waals surface area contributed by atoms with Crippen molar-refractivity contribution in [3.05, 3.63) is 77.4 Å². The van der Waals surface area contributed by atoms with Crippen LogP contribution in [-0.4, -0.2) is 70.0 Å². The molecule has 1 fully saturated rings. The molecule has 3 unspecified atom stereocenters. The van der Waals surface area contributed by atoms with Gasteiger partial charge < -0.3 is 29.2 Å². The predicted octanol–water partition coefficient (Wildman–Crippen LogP) is 5.86. The van der Waals surface area contributed by atoms with Crippen molar-refractivity contribution in [1.29, 1.82) is 0 Å². The number of alkyl halides is 6. The van der Waals surface area contributed by atoms with E-state index >= 15 is 0 Å². The molecule has 1 aliphatic rings. The second kappa shape index (κ2) is 14.5. The first-order valence-electron chi connectivity index (χ1n) is 15.0. The molecule has 4 rings (SSSR count). The van der Waals surface area contributed by atoms with E-state index in [1.54, 1.807) is 38.1 Å². The largest absolute Gasteiger partial charge is 0.491 e. The van der Waals surface area contributed by atoms with Gasteiger partial charge >= 0.3 is 18.0 Å². The lowest BCUT2D eigenvalue weighted by atomic mass is 9.91. The third-order valence-electron chi connectivity index (χ3n) is 7.73. The van der Waals surface area contributed by atoms with Crippen LogP contribution in [0.15, 0.2) is 54.7 Å². The number of aliphatic hydroxyl groups is 2. The summed E-state index contributed by atoms with van der Waals surface area (Å²) in [6.07, 6.45) is -12.7. The molecule has 0 amide bonds. The Hall–Kier alpha value is -3.54. The smallest absolute Gasteiger partial charge is 0.432 e. The summed E-state index contributed by atoms with van der Waals surface area (Å²) in [7, 11) is 0.899. The molecule has 0 aliphatic carbocycles. The third-order valence-corrected chi connectivity index (χ3v) is 7.73. The van der Waals surface area contributed by atoms with Gasteiger partial charge in [-0.1, -0.05) is 25.5 Å². The van der Waals surface area contributed by atoms with Crippen molar-refractivity contribution >= 4 is 0 Å². The third kappa shape index (κ3) is 7.53. The van der Waals surface area contributed by atoms with E-state index < -0.39 is 48.6 Å². The molecule has 1 saturated heterocycles. The van der Waals surface area contributed by atoms with Gasteiger partial charge in [0.05, 0.1) is 28.7 Å². The van der Waals surface area contributed by atoms with E-state index in [0.29, 0.717) is 29.5 Å². The van der Waals surface area contributed by atoms with Gasteiger partial charge in [0, 0.05) is 25.9 Å². The Morgan fingerprint density at radius 1 is 0.979 bits per heavy atom. The van der Waals surface area contributed by atoms with E-state index in [0.717, 1.165) is 13.2 Å². The van der Waals surface area contributed by atoms with Crippen LogP contribution in [0.5, 0.6) is 17.2 Å². The summed E-state index contributed by atoms with van der Waals surface area (Å²) in [5.41, 5.74) is -6.39. The molecule has 1 aliphatic heterocycles. The Kier molecular flexibility index (Phi) is 11.3. The van der Waals surface area contributed by atoms with Crippen molar-refractivity contribution in [3.63, 3.8) is 0 Å². The minimum absolute atomic E-state index is 0.0157. The Morgan fingerprint density at radius 3 is 2.23 bits per heavy atom. The van der Waals surface area contributed by atoms with Crippen LogP contribution in [-0.2, 0) is 33.6 Å². The van der Waals surface area contributed by atoms with Crippen LogP contribution in [0.1, 0.15) is 56.8 Å². The van der Waals surface area contributed by atoms with Gasteiger partial charge in [-0.3, -0.25) is 15.3 Å². The topological polar surface area (TPSA) is 118 Å². The lowest BCUT2D eigenvalue weighted by Crippen LogP contribution is -2.56. The molecule has 0 spiro atoms. The molecular formula is C32H38F6N4O6. The van der Waals surface area contributed by atoms with Crippen molar-refractivity contribution in [2.24, 2.45) is 0 Å². The fraction of sp³-hybridized carbons (Fsp3) is 0.500. The second-order valence-electron chi connectivity index (χ2n) is 11.7. The number of hydrogen-bond donors (Lipinski definition) is 3. The van der Waals surface area contributed by atoms with E-state index in [4.69, 9.17) is 9.47 Å². The highest BCUT2D eigenvalue weighted by atomic mass is 19.4. The number of halogens is 6.